The van der Waals surface area contributed by atoms with E-state index in [4.69, 9.17) is 27.5 Å². The lowest BCUT2D eigenvalue weighted by Gasteiger charge is -2.09. The van der Waals surface area contributed by atoms with Crippen LogP contribution in [0.2, 0.25) is 5.02 Å². The summed E-state index contributed by atoms with van der Waals surface area (Å²) >= 11 is 5.80. The summed E-state index contributed by atoms with van der Waals surface area (Å²) in [5.74, 6) is -0.948. The van der Waals surface area contributed by atoms with E-state index in [-0.39, 0.29) is 28.8 Å². The van der Waals surface area contributed by atoms with E-state index in [1.165, 1.54) is 24.3 Å². The molecule has 0 radical (unpaired) electrons. The first-order chi connectivity index (χ1) is 9.47. The van der Waals surface area contributed by atoms with Crippen LogP contribution in [0.25, 0.3) is 0 Å². The molecule has 20 heavy (non-hydrogen) atoms. The topological polar surface area (TPSA) is 59.1 Å². The summed E-state index contributed by atoms with van der Waals surface area (Å²) < 4.78 is 32.0. The second-order valence-electron chi connectivity index (χ2n) is 4.08. The number of rotatable bonds is 4. The monoisotopic (exact) mass is 296 g/mol. The minimum absolute atomic E-state index is 0.0601. The van der Waals surface area contributed by atoms with Gasteiger partial charge in [0, 0.05) is 11.1 Å². The molecule has 2 aromatic rings. The standard InChI is InChI=1S/C14H11ClF2N2O/c15-11-6-10(16)3-4-13(11)20-7-9-2-1-8(14(18)19)5-12(9)17/h1-6H,7H2,(H3,18,19). The van der Waals surface area contributed by atoms with Crippen molar-refractivity contribution in [2.45, 2.75) is 6.61 Å². The smallest absolute Gasteiger partial charge is 0.138 e. The molecular formula is C14H11ClF2N2O. The van der Waals surface area contributed by atoms with Gasteiger partial charge < -0.3 is 10.5 Å². The van der Waals surface area contributed by atoms with Crippen LogP contribution in [0.3, 0.4) is 0 Å². The summed E-state index contributed by atoms with van der Waals surface area (Å²) in [6, 6.07) is 7.86. The molecule has 6 heteroatoms. The zero-order chi connectivity index (χ0) is 14.7. The van der Waals surface area contributed by atoms with Crippen molar-refractivity contribution < 1.29 is 13.5 Å². The first kappa shape index (κ1) is 14.3. The van der Waals surface area contributed by atoms with Gasteiger partial charge in [-0.15, -0.1) is 0 Å². The Morgan fingerprint density at radius 1 is 1.20 bits per heavy atom. The minimum atomic E-state index is -0.532. The van der Waals surface area contributed by atoms with Gasteiger partial charge in [-0.25, -0.2) is 8.78 Å². The van der Waals surface area contributed by atoms with Crippen LogP contribution in [0.4, 0.5) is 8.78 Å². The van der Waals surface area contributed by atoms with E-state index >= 15 is 0 Å². The van der Waals surface area contributed by atoms with E-state index < -0.39 is 11.6 Å². The van der Waals surface area contributed by atoms with Crippen LogP contribution in [0.15, 0.2) is 36.4 Å². The molecule has 0 fully saturated rings. The highest BCUT2D eigenvalue weighted by molar-refractivity contribution is 6.32. The molecule has 0 aliphatic carbocycles. The molecule has 0 spiro atoms. The number of amidine groups is 1. The zero-order valence-electron chi connectivity index (χ0n) is 10.3. The summed E-state index contributed by atoms with van der Waals surface area (Å²) in [7, 11) is 0. The van der Waals surface area contributed by atoms with E-state index in [2.05, 4.69) is 0 Å². The molecular weight excluding hydrogens is 286 g/mol. The second kappa shape index (κ2) is 5.88. The van der Waals surface area contributed by atoms with E-state index in [0.29, 0.717) is 5.56 Å². The first-order valence-corrected chi connectivity index (χ1v) is 6.06. The highest BCUT2D eigenvalue weighted by Crippen LogP contribution is 2.26. The maximum absolute atomic E-state index is 13.8. The average Bonchev–Trinajstić information content (AvgIpc) is 2.38. The first-order valence-electron chi connectivity index (χ1n) is 5.68. The normalized spacial score (nSPS) is 10.3. The number of hydrogen-bond acceptors (Lipinski definition) is 2. The molecule has 0 saturated heterocycles. The number of benzene rings is 2. The average molecular weight is 297 g/mol. The fourth-order valence-corrected chi connectivity index (χ4v) is 1.80. The maximum atomic E-state index is 13.8. The van der Waals surface area contributed by atoms with Crippen molar-refractivity contribution in [2.24, 2.45) is 5.73 Å². The molecule has 0 heterocycles. The molecule has 2 rings (SSSR count). The molecule has 3 nitrogen and oxygen atoms in total. The van der Waals surface area contributed by atoms with Crippen molar-refractivity contribution in [2.75, 3.05) is 0 Å². The van der Waals surface area contributed by atoms with Crippen LogP contribution in [-0.4, -0.2) is 5.84 Å². The highest BCUT2D eigenvalue weighted by atomic mass is 35.5. The van der Waals surface area contributed by atoms with E-state index in [9.17, 15) is 8.78 Å². The fraction of sp³-hybridized carbons (Fsp3) is 0.0714. The third-order valence-electron chi connectivity index (χ3n) is 2.64. The number of halogens is 3. The van der Waals surface area contributed by atoms with Crippen molar-refractivity contribution in [3.8, 4) is 5.75 Å². The van der Waals surface area contributed by atoms with Gasteiger partial charge in [-0.3, -0.25) is 5.41 Å². The molecule has 0 saturated carbocycles. The quantitative estimate of drug-likeness (QED) is 0.670. The van der Waals surface area contributed by atoms with E-state index in [1.807, 2.05) is 0 Å². The summed E-state index contributed by atoms with van der Waals surface area (Å²) in [6.45, 7) is -0.0601. The van der Waals surface area contributed by atoms with Gasteiger partial charge in [0.15, 0.2) is 0 Å². The van der Waals surface area contributed by atoms with E-state index in [1.54, 1.807) is 0 Å². The van der Waals surface area contributed by atoms with Crippen LogP contribution in [0.5, 0.6) is 5.75 Å². The van der Waals surface area contributed by atoms with Gasteiger partial charge in [-0.05, 0) is 24.3 Å². The second-order valence-corrected chi connectivity index (χ2v) is 4.49. The molecule has 104 valence electrons. The summed E-state index contributed by atoms with van der Waals surface area (Å²) in [4.78, 5) is 0. The van der Waals surface area contributed by atoms with Crippen molar-refractivity contribution in [3.63, 3.8) is 0 Å². The van der Waals surface area contributed by atoms with Gasteiger partial charge in [-0.2, -0.15) is 0 Å². The SMILES string of the molecule is N=C(N)c1ccc(COc2ccc(F)cc2Cl)c(F)c1. The summed E-state index contributed by atoms with van der Waals surface area (Å²) in [6.07, 6.45) is 0. The fourth-order valence-electron chi connectivity index (χ4n) is 1.58. The van der Waals surface area contributed by atoms with Crippen LogP contribution in [0.1, 0.15) is 11.1 Å². The predicted molar refractivity (Wildman–Crippen MR) is 73.2 cm³/mol. The van der Waals surface area contributed by atoms with Gasteiger partial charge in [0.1, 0.15) is 29.8 Å². The number of nitrogens with one attached hydrogen (secondary N) is 1. The van der Waals surface area contributed by atoms with Gasteiger partial charge >= 0.3 is 0 Å². The highest BCUT2D eigenvalue weighted by Gasteiger charge is 2.08. The summed E-state index contributed by atoms with van der Waals surface area (Å²) in [5.41, 5.74) is 5.85. The number of nitrogen functional groups attached to an aromatic ring is 1. The Morgan fingerprint density at radius 3 is 2.55 bits per heavy atom. The molecule has 0 aliphatic heterocycles. The third kappa shape index (κ3) is 3.24. The zero-order valence-corrected chi connectivity index (χ0v) is 11.0. The third-order valence-corrected chi connectivity index (χ3v) is 2.94. The molecule has 0 bridgehead atoms. The number of nitrogens with two attached hydrogens (primary N) is 1. The predicted octanol–water partition coefficient (Wildman–Crippen LogP) is 3.48. The van der Waals surface area contributed by atoms with Gasteiger partial charge in [0.25, 0.3) is 0 Å². The van der Waals surface area contributed by atoms with Gasteiger partial charge in [-0.1, -0.05) is 23.7 Å². The number of ether oxygens (including phenoxy) is 1. The van der Waals surface area contributed by atoms with Crippen molar-refractivity contribution in [1.82, 2.24) is 0 Å². The molecule has 2 aromatic carbocycles. The Kier molecular flexibility index (Phi) is 4.20. The minimum Gasteiger partial charge on any atom is -0.487 e. The van der Waals surface area contributed by atoms with E-state index in [0.717, 1.165) is 12.1 Å². The van der Waals surface area contributed by atoms with Crippen LogP contribution < -0.4 is 10.5 Å². The van der Waals surface area contributed by atoms with Gasteiger partial charge in [0.05, 0.1) is 5.02 Å². The lowest BCUT2D eigenvalue weighted by atomic mass is 10.1. The van der Waals surface area contributed by atoms with Crippen LogP contribution in [-0.2, 0) is 6.61 Å². The Labute approximate surface area is 119 Å². The Bertz CT molecular complexity index is 662. The molecule has 0 aromatic heterocycles. The lowest BCUT2D eigenvalue weighted by Crippen LogP contribution is -2.12. The van der Waals surface area contributed by atoms with Crippen LogP contribution >= 0.6 is 11.6 Å². The molecule has 0 atom stereocenters. The molecule has 0 amide bonds. The van der Waals surface area contributed by atoms with Crippen LogP contribution in [0, 0.1) is 17.0 Å². The Hall–Kier alpha value is -2.14. The molecule has 3 N–H and O–H groups in total. The maximum Gasteiger partial charge on any atom is 0.138 e. The molecule has 0 unspecified atom stereocenters. The molecule has 0 aliphatic rings. The van der Waals surface area contributed by atoms with Crippen molar-refractivity contribution in [3.05, 3.63) is 64.2 Å². The Morgan fingerprint density at radius 2 is 1.95 bits per heavy atom. The van der Waals surface area contributed by atoms with Crippen molar-refractivity contribution >= 4 is 17.4 Å². The summed E-state index contributed by atoms with van der Waals surface area (Å²) in [5, 5.41) is 7.33. The Balaban J connectivity index is 2.13. The largest absolute Gasteiger partial charge is 0.487 e. The van der Waals surface area contributed by atoms with Gasteiger partial charge in [0.2, 0.25) is 0 Å². The number of hydrogen-bond donors (Lipinski definition) is 2. The van der Waals surface area contributed by atoms with Crippen molar-refractivity contribution in [1.29, 1.82) is 5.41 Å². The lowest BCUT2D eigenvalue weighted by molar-refractivity contribution is 0.299.